The summed E-state index contributed by atoms with van der Waals surface area (Å²) in [5.41, 5.74) is 4.91. The molecular weight excluding hydrogens is 406 g/mol. The van der Waals surface area contributed by atoms with Crippen molar-refractivity contribution in [2.24, 2.45) is 0 Å². The van der Waals surface area contributed by atoms with E-state index in [2.05, 4.69) is 4.98 Å². The first kappa shape index (κ1) is 21.9. The fraction of sp³-hybridized carbons (Fsp3) is 0.227. The lowest BCUT2D eigenvalue weighted by Crippen LogP contribution is -2.41. The minimum absolute atomic E-state index is 0.0715. The topological polar surface area (TPSA) is 101 Å². The van der Waals surface area contributed by atoms with Crippen LogP contribution in [0.3, 0.4) is 0 Å². The predicted octanol–water partition coefficient (Wildman–Crippen LogP) is 3.04. The van der Waals surface area contributed by atoms with E-state index in [4.69, 9.17) is 5.73 Å². The first-order valence-corrected chi connectivity index (χ1v) is 9.77. The van der Waals surface area contributed by atoms with Crippen molar-refractivity contribution in [3.05, 3.63) is 92.1 Å². The maximum atomic E-state index is 13.8. The Kier molecular flexibility index (Phi) is 6.64. The number of hydrogen-bond donors (Lipinski definition) is 2. The number of anilines is 2. The third-order valence-electron chi connectivity index (χ3n) is 4.81. The van der Waals surface area contributed by atoms with Crippen molar-refractivity contribution < 1.29 is 13.6 Å². The van der Waals surface area contributed by atoms with Crippen LogP contribution in [0.25, 0.3) is 0 Å². The zero-order chi connectivity index (χ0) is 22.5. The molecular formula is C22H22F2N4O3. The van der Waals surface area contributed by atoms with Crippen molar-refractivity contribution in [2.75, 3.05) is 10.6 Å². The van der Waals surface area contributed by atoms with Crippen molar-refractivity contribution in [1.82, 2.24) is 9.55 Å². The Bertz CT molecular complexity index is 1210. The van der Waals surface area contributed by atoms with E-state index in [1.54, 1.807) is 30.3 Å². The maximum Gasteiger partial charge on any atom is 0.330 e. The quantitative estimate of drug-likeness (QED) is 0.604. The summed E-state index contributed by atoms with van der Waals surface area (Å²) in [5, 5.41) is 0. The molecule has 0 atom stereocenters. The molecule has 0 unspecified atom stereocenters. The number of unbranched alkanes of at least 4 members (excludes halogenated alkanes) is 1. The van der Waals surface area contributed by atoms with E-state index in [9.17, 15) is 23.2 Å². The van der Waals surface area contributed by atoms with Gasteiger partial charge in [0.1, 0.15) is 5.82 Å². The monoisotopic (exact) mass is 428 g/mol. The number of nitrogens with two attached hydrogens (primary N) is 1. The Hall–Kier alpha value is -3.75. The van der Waals surface area contributed by atoms with Gasteiger partial charge < -0.3 is 5.73 Å². The smallest absolute Gasteiger partial charge is 0.330 e. The summed E-state index contributed by atoms with van der Waals surface area (Å²) in [6.45, 7) is 2.11. The maximum absolute atomic E-state index is 13.8. The summed E-state index contributed by atoms with van der Waals surface area (Å²) in [5.74, 6) is -3.23. The molecule has 0 saturated carbocycles. The Balaban J connectivity index is 2.16. The highest BCUT2D eigenvalue weighted by Crippen LogP contribution is 2.23. The second kappa shape index (κ2) is 9.38. The molecule has 0 aliphatic rings. The summed E-state index contributed by atoms with van der Waals surface area (Å²) >= 11 is 0. The number of H-pyrrole nitrogens is 1. The third-order valence-corrected chi connectivity index (χ3v) is 4.81. The zero-order valence-electron chi connectivity index (χ0n) is 16.9. The normalized spacial score (nSPS) is 10.8. The average Bonchev–Trinajstić information content (AvgIpc) is 2.75. The predicted molar refractivity (Wildman–Crippen MR) is 114 cm³/mol. The van der Waals surface area contributed by atoms with Crippen LogP contribution in [0.5, 0.6) is 0 Å². The lowest BCUT2D eigenvalue weighted by atomic mass is 10.1. The molecule has 0 fully saturated rings. The van der Waals surface area contributed by atoms with Crippen molar-refractivity contribution >= 4 is 17.4 Å². The first-order valence-electron chi connectivity index (χ1n) is 9.77. The second-order valence-corrected chi connectivity index (χ2v) is 7.00. The number of rotatable bonds is 7. The van der Waals surface area contributed by atoms with Gasteiger partial charge in [0, 0.05) is 12.1 Å². The molecule has 0 radical (unpaired) electrons. The van der Waals surface area contributed by atoms with Crippen LogP contribution in [0.2, 0.25) is 0 Å². The van der Waals surface area contributed by atoms with Gasteiger partial charge in [-0.25, -0.2) is 13.6 Å². The fourth-order valence-electron chi connectivity index (χ4n) is 3.18. The molecule has 162 valence electrons. The molecule has 1 heterocycles. The highest BCUT2D eigenvalue weighted by atomic mass is 19.2. The van der Waals surface area contributed by atoms with Gasteiger partial charge in [0.2, 0.25) is 0 Å². The number of nitrogens with one attached hydrogen (secondary N) is 1. The number of aromatic nitrogens is 2. The van der Waals surface area contributed by atoms with Crippen LogP contribution < -0.4 is 21.9 Å². The molecule has 7 nitrogen and oxygen atoms in total. The molecule has 31 heavy (non-hydrogen) atoms. The molecule has 0 saturated heterocycles. The number of halogens is 2. The molecule has 1 aromatic heterocycles. The molecule has 9 heteroatoms. The molecule has 1 amide bonds. The van der Waals surface area contributed by atoms with Crippen molar-refractivity contribution in [1.29, 1.82) is 0 Å². The van der Waals surface area contributed by atoms with Crippen LogP contribution in [-0.2, 0) is 13.1 Å². The van der Waals surface area contributed by atoms with E-state index in [1.165, 1.54) is 4.57 Å². The van der Waals surface area contributed by atoms with Gasteiger partial charge >= 0.3 is 5.69 Å². The number of amides is 1. The molecule has 0 aliphatic carbocycles. The lowest BCUT2D eigenvalue weighted by Gasteiger charge is -2.25. The van der Waals surface area contributed by atoms with E-state index in [1.807, 2.05) is 6.92 Å². The molecule has 0 spiro atoms. The summed E-state index contributed by atoms with van der Waals surface area (Å²) in [7, 11) is 0. The van der Waals surface area contributed by atoms with Crippen LogP contribution in [-0.4, -0.2) is 15.5 Å². The molecule has 3 rings (SSSR count). The van der Waals surface area contributed by atoms with Gasteiger partial charge in [0.25, 0.3) is 11.5 Å². The Morgan fingerprint density at radius 1 is 1.10 bits per heavy atom. The van der Waals surface area contributed by atoms with Gasteiger partial charge in [-0.05, 0) is 30.2 Å². The van der Waals surface area contributed by atoms with Gasteiger partial charge in [0.05, 0.1) is 6.54 Å². The van der Waals surface area contributed by atoms with E-state index in [0.717, 1.165) is 29.5 Å². The number of carbonyl (C=O) groups is 1. The fourth-order valence-corrected chi connectivity index (χ4v) is 3.18. The van der Waals surface area contributed by atoms with Gasteiger partial charge in [-0.1, -0.05) is 43.7 Å². The van der Waals surface area contributed by atoms with Gasteiger partial charge in [0.15, 0.2) is 17.3 Å². The number of nitrogens with zero attached hydrogens (tertiary/aromatic N) is 2. The Morgan fingerprint density at radius 3 is 2.45 bits per heavy atom. The van der Waals surface area contributed by atoms with E-state index >= 15 is 0 Å². The van der Waals surface area contributed by atoms with Crippen LogP contribution in [0.15, 0.2) is 58.1 Å². The van der Waals surface area contributed by atoms with Crippen LogP contribution in [0.1, 0.15) is 35.7 Å². The highest BCUT2D eigenvalue weighted by molar-refractivity contribution is 6.07. The number of aromatic amines is 1. The van der Waals surface area contributed by atoms with Crippen molar-refractivity contribution in [3.8, 4) is 0 Å². The number of hydrogen-bond acceptors (Lipinski definition) is 4. The molecule has 0 aliphatic heterocycles. The molecule has 0 bridgehead atoms. The lowest BCUT2D eigenvalue weighted by molar-refractivity contribution is 0.0984. The highest BCUT2D eigenvalue weighted by Gasteiger charge is 2.26. The largest absolute Gasteiger partial charge is 0.383 e. The van der Waals surface area contributed by atoms with E-state index in [0.29, 0.717) is 12.0 Å². The number of nitrogen functional groups attached to an aromatic ring is 1. The van der Waals surface area contributed by atoms with Crippen molar-refractivity contribution in [2.45, 2.75) is 32.9 Å². The third kappa shape index (κ3) is 4.71. The van der Waals surface area contributed by atoms with Crippen LogP contribution in [0, 0.1) is 11.6 Å². The number of benzene rings is 2. The van der Waals surface area contributed by atoms with Gasteiger partial charge in [-0.3, -0.25) is 24.0 Å². The Morgan fingerprint density at radius 2 is 1.81 bits per heavy atom. The molecule has 3 N–H and O–H groups in total. The summed E-state index contributed by atoms with van der Waals surface area (Å²) in [4.78, 5) is 41.5. The molecule has 2 aromatic carbocycles. The standard InChI is InChI=1S/C22H22F2N4O3/c1-2-3-11-27-19(25)18(20(29)26-22(27)31)28(13-14-7-5-4-6-8-14)21(30)15-9-10-16(23)17(24)12-15/h4-10,12H,2-3,11,13,25H2,1H3,(H,26,29,31). The summed E-state index contributed by atoms with van der Waals surface area (Å²) in [6, 6.07) is 11.5. The zero-order valence-corrected chi connectivity index (χ0v) is 16.9. The minimum Gasteiger partial charge on any atom is -0.383 e. The van der Waals surface area contributed by atoms with Gasteiger partial charge in [-0.15, -0.1) is 0 Å². The summed E-state index contributed by atoms with van der Waals surface area (Å²) < 4.78 is 28.3. The van der Waals surface area contributed by atoms with Gasteiger partial charge in [-0.2, -0.15) is 0 Å². The van der Waals surface area contributed by atoms with E-state index < -0.39 is 28.8 Å². The van der Waals surface area contributed by atoms with Crippen LogP contribution >= 0.6 is 0 Å². The minimum atomic E-state index is -1.19. The van der Waals surface area contributed by atoms with Crippen molar-refractivity contribution in [3.63, 3.8) is 0 Å². The Labute approximate surface area is 176 Å². The SMILES string of the molecule is CCCCn1c(N)c(N(Cc2ccccc2)C(=O)c2ccc(F)c(F)c2)c(=O)[nH]c1=O. The van der Waals surface area contributed by atoms with Crippen LogP contribution in [0.4, 0.5) is 20.3 Å². The van der Waals surface area contributed by atoms with E-state index in [-0.39, 0.29) is 30.2 Å². The summed E-state index contributed by atoms with van der Waals surface area (Å²) in [6.07, 6.45) is 1.41. The number of carbonyl (C=O) groups excluding carboxylic acids is 1. The molecule has 3 aromatic rings. The first-order chi connectivity index (χ1) is 14.8. The second-order valence-electron chi connectivity index (χ2n) is 7.00. The average molecular weight is 428 g/mol.